The summed E-state index contributed by atoms with van der Waals surface area (Å²) in [7, 11) is 3.49. The van der Waals surface area contributed by atoms with E-state index in [9.17, 15) is 9.59 Å². The molecule has 4 rings (SSSR count). The predicted molar refractivity (Wildman–Crippen MR) is 105 cm³/mol. The molecule has 1 aromatic heterocycles. The number of nitrogens with zero attached hydrogens (tertiary/aromatic N) is 3. The molecule has 2 atom stereocenters. The van der Waals surface area contributed by atoms with Crippen molar-refractivity contribution >= 4 is 17.6 Å². The molecule has 0 unspecified atom stereocenters. The van der Waals surface area contributed by atoms with E-state index in [1.165, 1.54) is 0 Å². The van der Waals surface area contributed by atoms with E-state index in [2.05, 4.69) is 10.3 Å². The van der Waals surface area contributed by atoms with Gasteiger partial charge in [-0.25, -0.2) is 4.79 Å². The first kappa shape index (κ1) is 18.4. The zero-order valence-electron chi connectivity index (χ0n) is 16.1. The van der Waals surface area contributed by atoms with Gasteiger partial charge < -0.3 is 15.0 Å². The van der Waals surface area contributed by atoms with Crippen molar-refractivity contribution in [2.45, 2.75) is 24.5 Å². The van der Waals surface area contributed by atoms with Crippen LogP contribution in [0.3, 0.4) is 0 Å². The zero-order chi connectivity index (χ0) is 19.7. The monoisotopic (exact) mass is 380 g/mol. The van der Waals surface area contributed by atoms with Crippen LogP contribution in [-0.4, -0.2) is 55.2 Å². The highest BCUT2D eigenvalue weighted by molar-refractivity contribution is 5.95. The normalized spacial score (nSPS) is 22.9. The SMILES string of the molecule is CN(C)C(=O)N1C[C@@]2(CO[C@@H](C(=O)NCc3ccncc3)C2)c2ccccc21. The molecule has 2 aliphatic heterocycles. The third-order valence-corrected chi connectivity index (χ3v) is 5.49. The Balaban J connectivity index is 1.49. The highest BCUT2D eigenvalue weighted by atomic mass is 16.5. The number of fused-ring (bicyclic) bond motifs is 2. The first-order valence-corrected chi connectivity index (χ1v) is 9.37. The summed E-state index contributed by atoms with van der Waals surface area (Å²) in [6, 6.07) is 11.6. The van der Waals surface area contributed by atoms with Crippen LogP contribution in [0.5, 0.6) is 0 Å². The van der Waals surface area contributed by atoms with Crippen molar-refractivity contribution in [3.05, 3.63) is 59.9 Å². The van der Waals surface area contributed by atoms with E-state index in [1.54, 1.807) is 36.3 Å². The topological polar surface area (TPSA) is 74.8 Å². The minimum Gasteiger partial charge on any atom is -0.367 e. The number of amides is 3. The van der Waals surface area contributed by atoms with Gasteiger partial charge >= 0.3 is 6.03 Å². The highest BCUT2D eigenvalue weighted by Crippen LogP contribution is 2.47. The standard InChI is InChI=1S/C21H24N4O3/c1-24(2)20(27)25-13-21(16-5-3-4-6-17(16)25)11-18(28-14-21)19(26)23-12-15-7-9-22-10-8-15/h3-10,18H,11-14H2,1-2H3,(H,23,26)/t18-,21+/m1/s1. The number of carbonyl (C=O) groups is 2. The fourth-order valence-electron chi connectivity index (χ4n) is 4.05. The van der Waals surface area contributed by atoms with Gasteiger partial charge in [-0.15, -0.1) is 0 Å². The number of rotatable bonds is 3. The quantitative estimate of drug-likeness (QED) is 0.883. The summed E-state index contributed by atoms with van der Waals surface area (Å²) < 4.78 is 5.91. The largest absolute Gasteiger partial charge is 0.367 e. The van der Waals surface area contributed by atoms with E-state index >= 15 is 0 Å². The van der Waals surface area contributed by atoms with E-state index in [1.807, 2.05) is 36.4 Å². The Morgan fingerprint density at radius 2 is 2.00 bits per heavy atom. The molecule has 0 radical (unpaired) electrons. The summed E-state index contributed by atoms with van der Waals surface area (Å²) in [4.78, 5) is 32.6. The lowest BCUT2D eigenvalue weighted by Crippen LogP contribution is -2.43. The van der Waals surface area contributed by atoms with Crippen LogP contribution in [0.2, 0.25) is 0 Å². The minimum absolute atomic E-state index is 0.0603. The number of hydrogen-bond donors (Lipinski definition) is 1. The second-order valence-electron chi connectivity index (χ2n) is 7.64. The van der Waals surface area contributed by atoms with Crippen molar-refractivity contribution < 1.29 is 14.3 Å². The Kier molecular flexibility index (Phi) is 4.77. The molecule has 28 heavy (non-hydrogen) atoms. The maximum absolute atomic E-state index is 12.7. The van der Waals surface area contributed by atoms with Gasteiger partial charge in [0.2, 0.25) is 5.91 Å². The lowest BCUT2D eigenvalue weighted by atomic mass is 9.80. The maximum Gasteiger partial charge on any atom is 0.323 e. The molecule has 2 aliphatic rings. The molecule has 3 amide bonds. The van der Waals surface area contributed by atoms with Crippen LogP contribution in [0.4, 0.5) is 10.5 Å². The van der Waals surface area contributed by atoms with Gasteiger partial charge in [-0.05, 0) is 35.7 Å². The highest BCUT2D eigenvalue weighted by Gasteiger charge is 2.51. The Morgan fingerprint density at radius 3 is 2.75 bits per heavy atom. The number of para-hydroxylation sites is 1. The van der Waals surface area contributed by atoms with Crippen LogP contribution in [0.15, 0.2) is 48.8 Å². The summed E-state index contributed by atoms with van der Waals surface area (Å²) in [5, 5.41) is 2.94. The molecule has 1 spiro atoms. The number of carbonyl (C=O) groups excluding carboxylic acids is 2. The molecule has 0 bridgehead atoms. The molecule has 0 saturated carbocycles. The fourth-order valence-corrected chi connectivity index (χ4v) is 4.05. The molecule has 1 saturated heterocycles. The Morgan fingerprint density at radius 1 is 1.25 bits per heavy atom. The van der Waals surface area contributed by atoms with Gasteiger partial charge in [0.25, 0.3) is 0 Å². The van der Waals surface area contributed by atoms with Crippen LogP contribution in [-0.2, 0) is 21.5 Å². The molecule has 1 N–H and O–H groups in total. The van der Waals surface area contributed by atoms with Crippen LogP contribution in [0.25, 0.3) is 0 Å². The summed E-state index contributed by atoms with van der Waals surface area (Å²) in [6.45, 7) is 1.39. The number of ether oxygens (including phenoxy) is 1. The van der Waals surface area contributed by atoms with Crippen molar-refractivity contribution in [2.75, 3.05) is 32.1 Å². The molecule has 3 heterocycles. The second-order valence-corrected chi connectivity index (χ2v) is 7.64. The van der Waals surface area contributed by atoms with Crippen molar-refractivity contribution in [1.29, 1.82) is 0 Å². The zero-order valence-corrected chi connectivity index (χ0v) is 16.1. The predicted octanol–water partition coefficient (Wildman–Crippen LogP) is 1.93. The number of anilines is 1. The summed E-state index contributed by atoms with van der Waals surface area (Å²) in [6.07, 6.45) is 3.44. The lowest BCUT2D eigenvalue weighted by Gasteiger charge is -2.25. The van der Waals surface area contributed by atoms with E-state index < -0.39 is 6.10 Å². The fraction of sp³-hybridized carbons (Fsp3) is 0.381. The molecule has 1 aromatic carbocycles. The average Bonchev–Trinajstić information content (AvgIpc) is 3.29. The first-order chi connectivity index (χ1) is 13.5. The van der Waals surface area contributed by atoms with Crippen molar-refractivity contribution in [3.8, 4) is 0 Å². The Hall–Kier alpha value is -2.93. The van der Waals surface area contributed by atoms with Crippen LogP contribution in [0, 0.1) is 0 Å². The van der Waals surface area contributed by atoms with Gasteiger partial charge in [-0.1, -0.05) is 18.2 Å². The van der Waals surface area contributed by atoms with Gasteiger partial charge in [0, 0.05) is 50.7 Å². The lowest BCUT2D eigenvalue weighted by molar-refractivity contribution is -0.130. The molecule has 7 heteroatoms. The van der Waals surface area contributed by atoms with Crippen molar-refractivity contribution in [3.63, 3.8) is 0 Å². The molecule has 0 aliphatic carbocycles. The van der Waals surface area contributed by atoms with Crippen LogP contribution in [0.1, 0.15) is 17.5 Å². The number of aromatic nitrogens is 1. The van der Waals surface area contributed by atoms with Crippen molar-refractivity contribution in [2.24, 2.45) is 0 Å². The second kappa shape index (κ2) is 7.24. The van der Waals surface area contributed by atoms with Gasteiger partial charge in [0.05, 0.1) is 6.61 Å². The number of pyridine rings is 1. The Bertz CT molecular complexity index is 886. The molecule has 2 aromatic rings. The van der Waals surface area contributed by atoms with Crippen molar-refractivity contribution in [1.82, 2.24) is 15.2 Å². The Labute approximate surface area is 164 Å². The maximum atomic E-state index is 12.7. The average molecular weight is 380 g/mol. The van der Waals surface area contributed by atoms with Crippen LogP contribution < -0.4 is 10.2 Å². The van der Waals surface area contributed by atoms with E-state index in [-0.39, 0.29) is 17.4 Å². The molecular weight excluding hydrogens is 356 g/mol. The smallest absolute Gasteiger partial charge is 0.323 e. The number of urea groups is 1. The first-order valence-electron chi connectivity index (χ1n) is 9.37. The molecule has 146 valence electrons. The van der Waals surface area contributed by atoms with Gasteiger partial charge in [0.15, 0.2) is 0 Å². The van der Waals surface area contributed by atoms with E-state index in [0.29, 0.717) is 26.1 Å². The van der Waals surface area contributed by atoms with E-state index in [0.717, 1.165) is 16.8 Å². The molecule has 1 fully saturated rings. The van der Waals surface area contributed by atoms with Crippen LogP contribution >= 0.6 is 0 Å². The minimum atomic E-state index is -0.524. The number of nitrogens with one attached hydrogen (secondary N) is 1. The summed E-state index contributed by atoms with van der Waals surface area (Å²) in [5.74, 6) is -0.122. The summed E-state index contributed by atoms with van der Waals surface area (Å²) >= 11 is 0. The van der Waals surface area contributed by atoms with Gasteiger partial charge in [-0.2, -0.15) is 0 Å². The number of hydrogen-bond acceptors (Lipinski definition) is 4. The third-order valence-electron chi connectivity index (χ3n) is 5.49. The molecule has 7 nitrogen and oxygen atoms in total. The van der Waals surface area contributed by atoms with Gasteiger partial charge in [0.1, 0.15) is 6.10 Å². The van der Waals surface area contributed by atoms with Gasteiger partial charge in [-0.3, -0.25) is 14.7 Å². The summed E-state index contributed by atoms with van der Waals surface area (Å²) in [5.41, 5.74) is 2.63. The molecular formula is C21H24N4O3. The number of benzene rings is 1. The van der Waals surface area contributed by atoms with E-state index in [4.69, 9.17) is 4.74 Å². The third kappa shape index (κ3) is 3.22.